The summed E-state index contributed by atoms with van der Waals surface area (Å²) in [6.07, 6.45) is 2.31. The molecule has 2 aliphatic carbocycles. The van der Waals surface area contributed by atoms with Crippen molar-refractivity contribution in [2.45, 2.75) is 66.2 Å². The monoisotopic (exact) mass is 544 g/mol. The van der Waals surface area contributed by atoms with Crippen LogP contribution < -0.4 is 20.5 Å². The SMILES string of the molecule is CCOc1cc(C2C3=C(CC(C)(C)CC3=O)NC3=C2C(=O)CC(C)(C)C3)cc(Br)c1OCC(N)=O. The standard InChI is InChI=1S/C27H33BrN2O5/c1-6-34-20-8-14(7-15(28)25(20)35-13-21(29)33)22-23-16(9-26(2,3)11-18(23)31)30-17-10-27(4,5)12-19(32)24(17)22/h7-8,22,30H,6,9-13H2,1-5H3,(H2,29,33). The Morgan fingerprint density at radius 3 is 2.03 bits per heavy atom. The van der Waals surface area contributed by atoms with E-state index in [4.69, 9.17) is 15.2 Å². The van der Waals surface area contributed by atoms with Crippen molar-refractivity contribution >= 4 is 33.4 Å². The molecule has 8 heteroatoms. The maximum absolute atomic E-state index is 13.5. The van der Waals surface area contributed by atoms with E-state index in [-0.39, 0.29) is 29.0 Å². The van der Waals surface area contributed by atoms with E-state index in [9.17, 15) is 14.4 Å². The van der Waals surface area contributed by atoms with Crippen molar-refractivity contribution in [2.24, 2.45) is 16.6 Å². The zero-order valence-electron chi connectivity index (χ0n) is 21.0. The third-order valence-corrected chi connectivity index (χ3v) is 7.33. The largest absolute Gasteiger partial charge is 0.490 e. The number of amides is 1. The van der Waals surface area contributed by atoms with Gasteiger partial charge in [-0.2, -0.15) is 0 Å². The number of nitrogens with one attached hydrogen (secondary N) is 1. The van der Waals surface area contributed by atoms with Crippen LogP contribution in [0.15, 0.2) is 39.1 Å². The molecule has 0 spiro atoms. The average Bonchev–Trinajstić information content (AvgIpc) is 2.69. The first-order valence-electron chi connectivity index (χ1n) is 12.0. The van der Waals surface area contributed by atoms with Gasteiger partial charge < -0.3 is 20.5 Å². The van der Waals surface area contributed by atoms with Gasteiger partial charge in [-0.3, -0.25) is 14.4 Å². The summed E-state index contributed by atoms with van der Waals surface area (Å²) in [5.41, 5.74) is 8.85. The van der Waals surface area contributed by atoms with E-state index >= 15 is 0 Å². The molecule has 0 saturated heterocycles. The molecule has 188 valence electrons. The third kappa shape index (κ3) is 5.03. The van der Waals surface area contributed by atoms with Crippen LogP contribution in [0, 0.1) is 10.8 Å². The molecule has 35 heavy (non-hydrogen) atoms. The number of carbonyl (C=O) groups excluding carboxylic acids is 3. The summed E-state index contributed by atoms with van der Waals surface area (Å²) in [6.45, 7) is 10.3. The predicted octanol–water partition coefficient (Wildman–Crippen LogP) is 4.69. The number of halogens is 1. The number of carbonyl (C=O) groups is 3. The van der Waals surface area contributed by atoms with Gasteiger partial charge in [0.15, 0.2) is 29.7 Å². The first-order chi connectivity index (χ1) is 16.3. The summed E-state index contributed by atoms with van der Waals surface area (Å²) in [7, 11) is 0. The van der Waals surface area contributed by atoms with Gasteiger partial charge in [0.25, 0.3) is 5.91 Å². The van der Waals surface area contributed by atoms with Crippen LogP contribution in [0.25, 0.3) is 0 Å². The normalized spacial score (nSPS) is 21.3. The Hall–Kier alpha value is -2.61. The van der Waals surface area contributed by atoms with Crippen LogP contribution in [0.5, 0.6) is 11.5 Å². The number of Topliss-reactive ketones (excluding diaryl/α,β-unsaturated/α-hetero) is 2. The van der Waals surface area contributed by atoms with Crippen LogP contribution in [-0.2, 0) is 14.4 Å². The summed E-state index contributed by atoms with van der Waals surface area (Å²) >= 11 is 3.55. The number of ether oxygens (including phenoxy) is 2. The van der Waals surface area contributed by atoms with E-state index in [0.29, 0.717) is 46.6 Å². The van der Waals surface area contributed by atoms with Gasteiger partial charge in [0.2, 0.25) is 0 Å². The van der Waals surface area contributed by atoms with Crippen molar-refractivity contribution in [2.75, 3.05) is 13.2 Å². The Morgan fingerprint density at radius 1 is 1.00 bits per heavy atom. The molecule has 7 nitrogen and oxygen atoms in total. The van der Waals surface area contributed by atoms with Crippen molar-refractivity contribution < 1.29 is 23.9 Å². The van der Waals surface area contributed by atoms with Crippen LogP contribution >= 0.6 is 15.9 Å². The van der Waals surface area contributed by atoms with Crippen molar-refractivity contribution in [3.63, 3.8) is 0 Å². The maximum atomic E-state index is 13.5. The molecule has 4 rings (SSSR count). The second kappa shape index (κ2) is 9.12. The number of dihydropyridines is 1. The first-order valence-corrected chi connectivity index (χ1v) is 12.8. The Morgan fingerprint density at radius 2 is 1.54 bits per heavy atom. The molecule has 1 heterocycles. The van der Waals surface area contributed by atoms with Gasteiger partial charge in [-0.25, -0.2) is 0 Å². The lowest BCUT2D eigenvalue weighted by molar-refractivity contribution is -0.120. The number of benzene rings is 1. The van der Waals surface area contributed by atoms with Crippen molar-refractivity contribution in [1.29, 1.82) is 0 Å². The Bertz CT molecular complexity index is 1130. The summed E-state index contributed by atoms with van der Waals surface area (Å²) in [5, 5.41) is 3.53. The van der Waals surface area contributed by atoms with E-state index in [1.807, 2.05) is 19.1 Å². The van der Waals surface area contributed by atoms with Gasteiger partial charge in [0.05, 0.1) is 11.1 Å². The number of hydrogen-bond acceptors (Lipinski definition) is 6. The highest BCUT2D eigenvalue weighted by molar-refractivity contribution is 9.10. The first kappa shape index (κ1) is 25.5. The summed E-state index contributed by atoms with van der Waals surface area (Å²) in [4.78, 5) is 38.4. The van der Waals surface area contributed by atoms with Crippen molar-refractivity contribution in [3.8, 4) is 11.5 Å². The number of nitrogens with two attached hydrogens (primary N) is 1. The quantitative estimate of drug-likeness (QED) is 0.538. The molecule has 0 fully saturated rings. The lowest BCUT2D eigenvalue weighted by atomic mass is 9.64. The minimum Gasteiger partial charge on any atom is -0.490 e. The van der Waals surface area contributed by atoms with Crippen LogP contribution in [0.1, 0.15) is 71.8 Å². The van der Waals surface area contributed by atoms with Crippen molar-refractivity contribution in [3.05, 3.63) is 44.7 Å². The second-order valence-electron chi connectivity index (χ2n) is 11.2. The summed E-state index contributed by atoms with van der Waals surface area (Å²) in [5.74, 6) is -0.194. The van der Waals surface area contributed by atoms with Crippen LogP contribution in [0.4, 0.5) is 0 Å². The van der Waals surface area contributed by atoms with Crippen LogP contribution in [0.3, 0.4) is 0 Å². The van der Waals surface area contributed by atoms with Crippen molar-refractivity contribution in [1.82, 2.24) is 5.32 Å². The smallest absolute Gasteiger partial charge is 0.255 e. The van der Waals surface area contributed by atoms with Gasteiger partial charge in [-0.15, -0.1) is 0 Å². The van der Waals surface area contributed by atoms with E-state index in [2.05, 4.69) is 48.9 Å². The molecule has 1 aromatic carbocycles. The molecule has 1 aromatic rings. The van der Waals surface area contributed by atoms with Crippen LogP contribution in [0.2, 0.25) is 0 Å². The highest BCUT2D eigenvalue weighted by Crippen LogP contribution is 2.52. The molecule has 3 N–H and O–H groups in total. The van der Waals surface area contributed by atoms with Gasteiger partial charge in [-0.1, -0.05) is 27.7 Å². The van der Waals surface area contributed by atoms with E-state index in [0.717, 1.165) is 29.8 Å². The number of hydrogen-bond donors (Lipinski definition) is 2. The van der Waals surface area contributed by atoms with Gasteiger partial charge in [-0.05, 0) is 64.2 Å². The summed E-state index contributed by atoms with van der Waals surface area (Å²) < 4.78 is 12.0. The highest BCUT2D eigenvalue weighted by atomic mass is 79.9. The minimum absolute atomic E-state index is 0.0565. The van der Waals surface area contributed by atoms with Gasteiger partial charge >= 0.3 is 0 Å². The molecule has 0 aromatic heterocycles. The molecule has 0 bridgehead atoms. The molecule has 0 atom stereocenters. The Balaban J connectivity index is 1.90. The number of ketones is 2. The van der Waals surface area contributed by atoms with E-state index in [1.165, 1.54) is 0 Å². The van der Waals surface area contributed by atoms with Gasteiger partial charge in [0.1, 0.15) is 0 Å². The molecular weight excluding hydrogens is 512 g/mol. The molecule has 1 aliphatic heterocycles. The average molecular weight is 545 g/mol. The zero-order chi connectivity index (χ0) is 25.7. The fraction of sp³-hybridized carbons (Fsp3) is 0.519. The van der Waals surface area contributed by atoms with Gasteiger partial charge in [0, 0.05) is 41.3 Å². The molecule has 1 amide bonds. The third-order valence-electron chi connectivity index (χ3n) is 6.74. The molecule has 0 saturated carbocycles. The highest BCUT2D eigenvalue weighted by Gasteiger charge is 2.46. The topological polar surface area (TPSA) is 108 Å². The fourth-order valence-corrected chi connectivity index (χ4v) is 6.10. The molecule has 0 radical (unpaired) electrons. The predicted molar refractivity (Wildman–Crippen MR) is 136 cm³/mol. The number of rotatable bonds is 6. The van der Waals surface area contributed by atoms with Crippen LogP contribution in [-0.4, -0.2) is 30.7 Å². The minimum atomic E-state index is -0.600. The van der Waals surface area contributed by atoms with E-state index in [1.54, 1.807) is 0 Å². The number of allylic oxidation sites excluding steroid dienone is 4. The Labute approximate surface area is 214 Å². The zero-order valence-corrected chi connectivity index (χ0v) is 22.6. The fourth-order valence-electron chi connectivity index (χ4n) is 5.52. The maximum Gasteiger partial charge on any atom is 0.255 e. The van der Waals surface area contributed by atoms with E-state index < -0.39 is 11.8 Å². The molecular formula is C27H33BrN2O5. The Kier molecular flexibility index (Phi) is 6.64. The lowest BCUT2D eigenvalue weighted by Gasteiger charge is -2.44. The second-order valence-corrected chi connectivity index (χ2v) is 12.1. The molecule has 3 aliphatic rings. The molecule has 0 unspecified atom stereocenters. The number of primary amides is 1. The summed E-state index contributed by atoms with van der Waals surface area (Å²) in [6, 6.07) is 3.67. The lowest BCUT2D eigenvalue weighted by Crippen LogP contribution is -2.42.